The molecule has 2 heterocycles. The summed E-state index contributed by atoms with van der Waals surface area (Å²) in [5, 5.41) is 3.05. The van der Waals surface area contributed by atoms with Crippen LogP contribution in [0.3, 0.4) is 0 Å². The number of amides is 1. The van der Waals surface area contributed by atoms with Crippen LogP contribution in [0.1, 0.15) is 48.3 Å². The molecule has 3 rings (SSSR count). The van der Waals surface area contributed by atoms with Gasteiger partial charge in [0, 0.05) is 12.1 Å². The summed E-state index contributed by atoms with van der Waals surface area (Å²) in [5.74, 6) is 1.63. The van der Waals surface area contributed by atoms with Gasteiger partial charge in [0.1, 0.15) is 11.5 Å². The minimum absolute atomic E-state index is 0.0715. The Hall–Kier alpha value is -2.27. The molecule has 1 saturated heterocycles. The van der Waals surface area contributed by atoms with Crippen molar-refractivity contribution in [1.82, 2.24) is 10.2 Å². The third kappa shape index (κ3) is 4.63. The Morgan fingerprint density at radius 1 is 1.24 bits per heavy atom. The summed E-state index contributed by atoms with van der Waals surface area (Å²) in [6.45, 7) is 5.39. The lowest BCUT2D eigenvalue weighted by Gasteiger charge is -2.26. The van der Waals surface area contributed by atoms with Crippen molar-refractivity contribution in [2.45, 2.75) is 32.2 Å². The lowest BCUT2D eigenvalue weighted by atomic mass is 10.1. The number of nitrogens with zero attached hydrogens (tertiary/aromatic N) is 1. The van der Waals surface area contributed by atoms with E-state index in [9.17, 15) is 4.79 Å². The predicted octanol–water partition coefficient (Wildman–Crippen LogP) is 3.64. The van der Waals surface area contributed by atoms with Crippen LogP contribution in [0.15, 0.2) is 47.1 Å². The average molecular weight is 342 g/mol. The maximum atomic E-state index is 12.5. The van der Waals surface area contributed by atoms with Crippen molar-refractivity contribution in [1.29, 1.82) is 0 Å². The second-order valence-electron chi connectivity index (χ2n) is 6.36. The second-order valence-corrected chi connectivity index (χ2v) is 6.36. The number of hydrogen-bond donors (Lipinski definition) is 1. The molecule has 0 aliphatic carbocycles. The van der Waals surface area contributed by atoms with Gasteiger partial charge in [0.2, 0.25) is 0 Å². The summed E-state index contributed by atoms with van der Waals surface area (Å²) in [6.07, 6.45) is 5.05. The zero-order valence-electron chi connectivity index (χ0n) is 14.7. The monoisotopic (exact) mass is 342 g/mol. The van der Waals surface area contributed by atoms with E-state index >= 15 is 0 Å². The third-order valence-corrected chi connectivity index (χ3v) is 4.50. The molecule has 1 amide bonds. The van der Waals surface area contributed by atoms with Crippen LogP contribution in [0.2, 0.25) is 0 Å². The quantitative estimate of drug-likeness (QED) is 0.796. The maximum absolute atomic E-state index is 12.5. The Morgan fingerprint density at radius 3 is 2.64 bits per heavy atom. The van der Waals surface area contributed by atoms with Crippen LogP contribution in [-0.2, 0) is 0 Å². The Balaban J connectivity index is 1.59. The number of carbonyl (C=O) groups is 1. The highest BCUT2D eigenvalue weighted by atomic mass is 16.5. The van der Waals surface area contributed by atoms with Gasteiger partial charge in [0.15, 0.2) is 0 Å². The minimum Gasteiger partial charge on any atom is -0.494 e. The van der Waals surface area contributed by atoms with E-state index in [-0.39, 0.29) is 11.9 Å². The molecule has 0 saturated carbocycles. The van der Waals surface area contributed by atoms with E-state index in [2.05, 4.69) is 17.1 Å². The molecular weight excluding hydrogens is 316 g/mol. The van der Waals surface area contributed by atoms with E-state index in [1.165, 1.54) is 12.8 Å². The molecular formula is C20H26N2O3. The van der Waals surface area contributed by atoms with Crippen molar-refractivity contribution in [2.75, 3.05) is 26.2 Å². The fraction of sp³-hybridized carbons (Fsp3) is 0.450. The Bertz CT molecular complexity index is 646. The molecule has 1 unspecified atom stereocenters. The van der Waals surface area contributed by atoms with Gasteiger partial charge in [-0.1, -0.05) is 6.92 Å². The Morgan fingerprint density at radius 2 is 2.00 bits per heavy atom. The summed E-state index contributed by atoms with van der Waals surface area (Å²) < 4.78 is 11.1. The summed E-state index contributed by atoms with van der Waals surface area (Å²) in [4.78, 5) is 14.8. The summed E-state index contributed by atoms with van der Waals surface area (Å²) in [6, 6.07) is 11.3. The highest BCUT2D eigenvalue weighted by Crippen LogP contribution is 2.25. The average Bonchev–Trinajstić information content (AvgIpc) is 3.35. The number of likely N-dealkylation sites (tertiary alicyclic amines) is 1. The number of carbonyl (C=O) groups excluding carboxylic acids is 1. The van der Waals surface area contributed by atoms with Gasteiger partial charge in [0.05, 0.1) is 18.9 Å². The summed E-state index contributed by atoms with van der Waals surface area (Å²) in [7, 11) is 0. The molecule has 0 bridgehead atoms. The molecule has 5 nitrogen and oxygen atoms in total. The van der Waals surface area contributed by atoms with Gasteiger partial charge in [-0.3, -0.25) is 9.69 Å². The van der Waals surface area contributed by atoms with Crippen molar-refractivity contribution in [3.63, 3.8) is 0 Å². The van der Waals surface area contributed by atoms with Gasteiger partial charge >= 0.3 is 0 Å². The van der Waals surface area contributed by atoms with Gasteiger partial charge < -0.3 is 14.5 Å². The summed E-state index contributed by atoms with van der Waals surface area (Å²) in [5.41, 5.74) is 0.642. The molecule has 1 aliphatic heterocycles. The number of rotatable bonds is 8. The second kappa shape index (κ2) is 8.72. The maximum Gasteiger partial charge on any atom is 0.251 e. The fourth-order valence-corrected chi connectivity index (χ4v) is 3.16. The van der Waals surface area contributed by atoms with E-state index in [1.807, 2.05) is 24.3 Å². The molecule has 1 aromatic carbocycles. The minimum atomic E-state index is -0.0715. The van der Waals surface area contributed by atoms with E-state index in [4.69, 9.17) is 9.15 Å². The van der Waals surface area contributed by atoms with Crippen molar-refractivity contribution in [2.24, 2.45) is 0 Å². The smallest absolute Gasteiger partial charge is 0.251 e. The molecule has 1 aromatic heterocycles. The SMILES string of the molecule is CCCOc1ccc(C(=O)NCC(c2ccco2)N2CCCC2)cc1. The zero-order valence-corrected chi connectivity index (χ0v) is 14.7. The van der Waals surface area contributed by atoms with Crippen LogP contribution in [-0.4, -0.2) is 37.0 Å². The highest BCUT2D eigenvalue weighted by Gasteiger charge is 2.26. The van der Waals surface area contributed by atoms with Crippen LogP contribution in [0.5, 0.6) is 5.75 Å². The van der Waals surface area contributed by atoms with Gasteiger partial charge in [0.25, 0.3) is 5.91 Å². The van der Waals surface area contributed by atoms with Crippen LogP contribution in [0.25, 0.3) is 0 Å². The van der Waals surface area contributed by atoms with Gasteiger partial charge in [-0.2, -0.15) is 0 Å². The van der Waals surface area contributed by atoms with Gasteiger partial charge in [-0.05, 0) is 68.8 Å². The van der Waals surface area contributed by atoms with E-state index < -0.39 is 0 Å². The normalized spacial score (nSPS) is 15.9. The molecule has 1 N–H and O–H groups in total. The molecule has 25 heavy (non-hydrogen) atoms. The van der Waals surface area contributed by atoms with Crippen molar-refractivity contribution in [3.8, 4) is 5.75 Å². The van der Waals surface area contributed by atoms with Crippen LogP contribution >= 0.6 is 0 Å². The van der Waals surface area contributed by atoms with Crippen LogP contribution < -0.4 is 10.1 Å². The standard InChI is InChI=1S/C20H26N2O3/c1-2-13-24-17-9-7-16(8-10-17)20(23)21-15-18(19-6-5-14-25-19)22-11-3-4-12-22/h5-10,14,18H,2-4,11-13,15H2,1H3,(H,21,23). The number of nitrogens with one attached hydrogen (secondary N) is 1. The number of furan rings is 1. The number of hydrogen-bond acceptors (Lipinski definition) is 4. The fourth-order valence-electron chi connectivity index (χ4n) is 3.16. The first-order valence-corrected chi connectivity index (χ1v) is 9.06. The summed E-state index contributed by atoms with van der Waals surface area (Å²) >= 11 is 0. The molecule has 0 radical (unpaired) electrons. The highest BCUT2D eigenvalue weighted by molar-refractivity contribution is 5.94. The lowest BCUT2D eigenvalue weighted by molar-refractivity contribution is 0.0933. The number of ether oxygens (including phenoxy) is 1. The van der Waals surface area contributed by atoms with E-state index in [0.717, 1.165) is 31.0 Å². The van der Waals surface area contributed by atoms with Crippen molar-refractivity contribution < 1.29 is 13.9 Å². The predicted molar refractivity (Wildman–Crippen MR) is 96.8 cm³/mol. The molecule has 5 heteroatoms. The number of benzene rings is 1. The molecule has 2 aromatic rings. The van der Waals surface area contributed by atoms with E-state index in [1.54, 1.807) is 18.4 Å². The lowest BCUT2D eigenvalue weighted by Crippen LogP contribution is -2.36. The van der Waals surface area contributed by atoms with Gasteiger partial charge in [-0.15, -0.1) is 0 Å². The zero-order chi connectivity index (χ0) is 17.5. The van der Waals surface area contributed by atoms with Crippen molar-refractivity contribution >= 4 is 5.91 Å². The molecule has 1 aliphatic rings. The first kappa shape index (κ1) is 17.5. The third-order valence-electron chi connectivity index (χ3n) is 4.50. The molecule has 0 spiro atoms. The van der Waals surface area contributed by atoms with Crippen molar-refractivity contribution in [3.05, 3.63) is 54.0 Å². The van der Waals surface area contributed by atoms with Crippen LogP contribution in [0.4, 0.5) is 0 Å². The molecule has 1 atom stereocenters. The Kier molecular flexibility index (Phi) is 6.12. The van der Waals surface area contributed by atoms with Crippen LogP contribution in [0, 0.1) is 0 Å². The van der Waals surface area contributed by atoms with Gasteiger partial charge in [-0.25, -0.2) is 0 Å². The topological polar surface area (TPSA) is 54.7 Å². The first-order valence-electron chi connectivity index (χ1n) is 9.06. The largest absolute Gasteiger partial charge is 0.494 e. The van der Waals surface area contributed by atoms with E-state index in [0.29, 0.717) is 18.7 Å². The molecule has 1 fully saturated rings. The Labute approximate surface area is 149 Å². The molecule has 134 valence electrons. The first-order chi connectivity index (χ1) is 12.3.